The molecule has 0 saturated carbocycles. The molecule has 8 heteroatoms. The lowest BCUT2D eigenvalue weighted by Gasteiger charge is -2.19. The van der Waals surface area contributed by atoms with E-state index in [1.54, 1.807) is 13.8 Å². The molecular formula is C10H18N4O3S. The van der Waals surface area contributed by atoms with E-state index < -0.39 is 11.8 Å². The largest absolute Gasteiger partial charge is 0.392 e. The number of carbonyl (C=O) groups is 3. The normalized spacial score (nSPS) is 9.44. The summed E-state index contributed by atoms with van der Waals surface area (Å²) in [7, 11) is 0. The van der Waals surface area contributed by atoms with Crippen LogP contribution in [0.3, 0.4) is 0 Å². The number of hydrogen-bond acceptors (Lipinski definition) is 4. The summed E-state index contributed by atoms with van der Waals surface area (Å²) in [6, 6.07) is 0. The lowest BCUT2D eigenvalue weighted by Crippen LogP contribution is -2.48. The van der Waals surface area contributed by atoms with Gasteiger partial charge in [0.15, 0.2) is 0 Å². The Kier molecular flexibility index (Phi) is 7.61. The van der Waals surface area contributed by atoms with E-state index in [1.807, 2.05) is 0 Å². The second-order valence-corrected chi connectivity index (χ2v) is 3.95. The summed E-state index contributed by atoms with van der Waals surface area (Å²) in [6.07, 6.45) is 0. The van der Waals surface area contributed by atoms with Crippen LogP contribution in [0.5, 0.6) is 0 Å². The smallest absolute Gasteiger partial charge is 0.312 e. The van der Waals surface area contributed by atoms with Crippen LogP contribution in [0.25, 0.3) is 0 Å². The van der Waals surface area contributed by atoms with Gasteiger partial charge in [0, 0.05) is 13.1 Å². The van der Waals surface area contributed by atoms with Crippen molar-refractivity contribution in [1.82, 2.24) is 15.5 Å². The van der Waals surface area contributed by atoms with Crippen LogP contribution in [0, 0.1) is 0 Å². The van der Waals surface area contributed by atoms with E-state index in [2.05, 4.69) is 22.9 Å². The topological polar surface area (TPSA) is 105 Å². The lowest BCUT2D eigenvalue weighted by molar-refractivity contribution is -0.146. The first-order chi connectivity index (χ1) is 8.42. The Hall–Kier alpha value is -1.70. The van der Waals surface area contributed by atoms with Crippen LogP contribution in [0.4, 0.5) is 0 Å². The van der Waals surface area contributed by atoms with Crippen molar-refractivity contribution in [3.63, 3.8) is 0 Å². The highest BCUT2D eigenvalue weighted by Crippen LogP contribution is 1.90. The Morgan fingerprint density at radius 2 is 1.83 bits per heavy atom. The van der Waals surface area contributed by atoms with Crippen molar-refractivity contribution in [1.29, 1.82) is 0 Å². The summed E-state index contributed by atoms with van der Waals surface area (Å²) in [5.41, 5.74) is 5.20. The molecule has 0 aliphatic heterocycles. The van der Waals surface area contributed by atoms with Gasteiger partial charge in [0.2, 0.25) is 5.91 Å². The predicted molar refractivity (Wildman–Crippen MR) is 70.7 cm³/mol. The molecule has 0 aliphatic rings. The van der Waals surface area contributed by atoms with Crippen molar-refractivity contribution in [3.05, 3.63) is 0 Å². The van der Waals surface area contributed by atoms with E-state index in [1.165, 1.54) is 0 Å². The van der Waals surface area contributed by atoms with Gasteiger partial charge in [-0.25, -0.2) is 0 Å². The van der Waals surface area contributed by atoms with Crippen molar-refractivity contribution in [2.45, 2.75) is 13.8 Å². The van der Waals surface area contributed by atoms with Gasteiger partial charge in [-0.05, 0) is 13.8 Å². The van der Waals surface area contributed by atoms with E-state index in [0.717, 1.165) is 4.90 Å². The molecule has 0 rings (SSSR count). The number of nitrogens with one attached hydrogen (secondary N) is 2. The molecule has 4 N–H and O–H groups in total. The molecule has 0 spiro atoms. The van der Waals surface area contributed by atoms with E-state index in [9.17, 15) is 14.4 Å². The average Bonchev–Trinajstić information content (AvgIpc) is 2.32. The lowest BCUT2D eigenvalue weighted by atomic mass is 10.4. The Bertz CT molecular complexity index is 346. The van der Waals surface area contributed by atoms with Crippen LogP contribution in [0.2, 0.25) is 0 Å². The summed E-state index contributed by atoms with van der Waals surface area (Å²) >= 11 is 4.57. The molecule has 0 bridgehead atoms. The molecule has 0 radical (unpaired) electrons. The number of hydrogen-bond donors (Lipinski definition) is 3. The molecule has 0 aromatic rings. The molecule has 0 unspecified atom stereocenters. The van der Waals surface area contributed by atoms with Gasteiger partial charge >= 0.3 is 11.8 Å². The third-order valence-electron chi connectivity index (χ3n) is 1.99. The number of thiocarbonyl (C=S) groups is 1. The molecule has 0 fully saturated rings. The SMILES string of the molecule is CCNC(=O)CN(CC)C(=O)C(=O)NCC(N)=S. The zero-order valence-corrected chi connectivity index (χ0v) is 11.3. The summed E-state index contributed by atoms with van der Waals surface area (Å²) < 4.78 is 0. The second-order valence-electron chi connectivity index (χ2n) is 3.42. The molecule has 3 amide bonds. The minimum atomic E-state index is -0.825. The third-order valence-corrected chi connectivity index (χ3v) is 2.14. The number of rotatable bonds is 6. The summed E-state index contributed by atoms with van der Waals surface area (Å²) in [5, 5.41) is 4.82. The van der Waals surface area contributed by atoms with Crippen molar-refractivity contribution >= 4 is 34.9 Å². The summed E-state index contributed by atoms with van der Waals surface area (Å²) in [4.78, 5) is 35.7. The molecule has 0 saturated heterocycles. The van der Waals surface area contributed by atoms with E-state index >= 15 is 0 Å². The first kappa shape index (κ1) is 16.3. The number of carbonyl (C=O) groups excluding carboxylic acids is 3. The van der Waals surface area contributed by atoms with Gasteiger partial charge in [0.05, 0.1) is 18.1 Å². The number of nitrogens with zero attached hydrogens (tertiary/aromatic N) is 1. The standard InChI is InChI=1S/C10H18N4O3S/c1-3-12-8(15)6-14(4-2)10(17)9(16)13-5-7(11)18/h3-6H2,1-2H3,(H2,11,18)(H,12,15)(H,13,16). The van der Waals surface area contributed by atoms with Crippen molar-refractivity contribution in [3.8, 4) is 0 Å². The predicted octanol–water partition coefficient (Wildman–Crippen LogP) is -1.63. The fourth-order valence-corrected chi connectivity index (χ4v) is 1.21. The van der Waals surface area contributed by atoms with Crippen molar-refractivity contribution in [2.24, 2.45) is 5.73 Å². The van der Waals surface area contributed by atoms with Crippen LogP contribution < -0.4 is 16.4 Å². The van der Waals surface area contributed by atoms with E-state index in [-0.39, 0.29) is 30.5 Å². The Morgan fingerprint density at radius 1 is 1.22 bits per heavy atom. The van der Waals surface area contributed by atoms with E-state index in [4.69, 9.17) is 5.73 Å². The molecule has 0 atom stereocenters. The Morgan fingerprint density at radius 3 is 2.28 bits per heavy atom. The first-order valence-electron chi connectivity index (χ1n) is 5.54. The monoisotopic (exact) mass is 274 g/mol. The number of nitrogens with two attached hydrogens (primary N) is 1. The highest BCUT2D eigenvalue weighted by Gasteiger charge is 2.22. The van der Waals surface area contributed by atoms with Crippen molar-refractivity contribution in [2.75, 3.05) is 26.2 Å². The van der Waals surface area contributed by atoms with Gasteiger partial charge in [-0.1, -0.05) is 12.2 Å². The quantitative estimate of drug-likeness (QED) is 0.398. The first-order valence-corrected chi connectivity index (χ1v) is 5.95. The molecule has 7 nitrogen and oxygen atoms in total. The minimum absolute atomic E-state index is 0.0430. The fourth-order valence-electron chi connectivity index (χ4n) is 1.14. The number of likely N-dealkylation sites (N-methyl/N-ethyl adjacent to an activating group) is 2. The second kappa shape index (κ2) is 8.40. The van der Waals surface area contributed by atoms with Crippen LogP contribution in [0.1, 0.15) is 13.8 Å². The molecule has 0 heterocycles. The van der Waals surface area contributed by atoms with Crippen LogP contribution in [-0.4, -0.2) is 53.8 Å². The molecule has 18 heavy (non-hydrogen) atoms. The molecule has 0 aliphatic carbocycles. The van der Waals surface area contributed by atoms with Crippen LogP contribution in [-0.2, 0) is 14.4 Å². The summed E-state index contributed by atoms with van der Waals surface area (Å²) in [5.74, 6) is -1.91. The third kappa shape index (κ3) is 6.14. The Balaban J connectivity index is 4.37. The van der Waals surface area contributed by atoms with Gasteiger partial charge in [0.1, 0.15) is 0 Å². The maximum absolute atomic E-state index is 11.7. The van der Waals surface area contributed by atoms with E-state index in [0.29, 0.717) is 6.54 Å². The maximum atomic E-state index is 11.7. The van der Waals surface area contributed by atoms with Gasteiger partial charge in [-0.15, -0.1) is 0 Å². The Labute approximate surface area is 111 Å². The zero-order chi connectivity index (χ0) is 14.1. The molecule has 0 aromatic heterocycles. The highest BCUT2D eigenvalue weighted by molar-refractivity contribution is 7.80. The zero-order valence-electron chi connectivity index (χ0n) is 10.5. The van der Waals surface area contributed by atoms with Gasteiger partial charge in [0.25, 0.3) is 0 Å². The average molecular weight is 274 g/mol. The minimum Gasteiger partial charge on any atom is -0.392 e. The molecular weight excluding hydrogens is 256 g/mol. The number of amides is 3. The summed E-state index contributed by atoms with van der Waals surface area (Å²) in [6.45, 7) is 3.99. The molecule has 0 aromatic carbocycles. The van der Waals surface area contributed by atoms with Gasteiger partial charge in [-0.2, -0.15) is 0 Å². The molecule has 102 valence electrons. The maximum Gasteiger partial charge on any atom is 0.312 e. The van der Waals surface area contributed by atoms with Crippen LogP contribution >= 0.6 is 12.2 Å². The van der Waals surface area contributed by atoms with Gasteiger partial charge < -0.3 is 21.3 Å². The fraction of sp³-hybridized carbons (Fsp3) is 0.600. The van der Waals surface area contributed by atoms with Gasteiger partial charge in [-0.3, -0.25) is 14.4 Å². The van der Waals surface area contributed by atoms with Crippen LogP contribution in [0.15, 0.2) is 0 Å². The van der Waals surface area contributed by atoms with Crippen molar-refractivity contribution < 1.29 is 14.4 Å². The highest BCUT2D eigenvalue weighted by atomic mass is 32.1.